The number of hydrogen-bond donors (Lipinski definition) is 2. The average Bonchev–Trinajstić information content (AvgIpc) is 2.38. The summed E-state index contributed by atoms with van der Waals surface area (Å²) in [4.78, 5) is 0. The first-order chi connectivity index (χ1) is 9.02. The molecule has 108 valence electrons. The molecule has 0 fully saturated rings. The molecule has 1 aromatic rings. The van der Waals surface area contributed by atoms with Crippen LogP contribution in [0.1, 0.15) is 27.2 Å². The minimum absolute atomic E-state index is 0.202. The van der Waals surface area contributed by atoms with Crippen molar-refractivity contribution >= 4 is 0 Å². The van der Waals surface area contributed by atoms with Gasteiger partial charge in [0.05, 0.1) is 0 Å². The number of halogens is 1. The number of hydrogen-bond acceptors (Lipinski definition) is 3. The van der Waals surface area contributed by atoms with Gasteiger partial charge in [-0.05, 0) is 36.6 Å². The maximum absolute atomic E-state index is 12.7. The maximum atomic E-state index is 12.7. The molecule has 2 unspecified atom stereocenters. The fraction of sp³-hybridized carbons (Fsp3) is 0.600. The Balaban J connectivity index is 2.27. The molecule has 2 atom stereocenters. The van der Waals surface area contributed by atoms with E-state index in [1.54, 1.807) is 12.1 Å². The molecule has 3 nitrogen and oxygen atoms in total. The molecular formula is C15H24FNO2. The second kappa shape index (κ2) is 8.12. The van der Waals surface area contributed by atoms with E-state index >= 15 is 0 Å². The van der Waals surface area contributed by atoms with Crippen LogP contribution in [0.3, 0.4) is 0 Å². The van der Waals surface area contributed by atoms with Gasteiger partial charge in [0.15, 0.2) is 0 Å². The van der Waals surface area contributed by atoms with E-state index in [4.69, 9.17) is 4.74 Å². The zero-order valence-corrected chi connectivity index (χ0v) is 11.9. The molecule has 0 amide bonds. The Morgan fingerprint density at radius 2 is 1.89 bits per heavy atom. The smallest absolute Gasteiger partial charge is 0.123 e. The number of rotatable bonds is 8. The number of aliphatic hydroxyl groups excluding tert-OH is 1. The van der Waals surface area contributed by atoms with Crippen LogP contribution in [-0.4, -0.2) is 30.4 Å². The summed E-state index contributed by atoms with van der Waals surface area (Å²) in [5.41, 5.74) is 0. The van der Waals surface area contributed by atoms with Crippen molar-refractivity contribution in [3.8, 4) is 5.75 Å². The SMILES string of the molecule is CCC(NCC(O)COc1ccc(F)cc1)C(C)C. The van der Waals surface area contributed by atoms with Crippen molar-refractivity contribution in [2.75, 3.05) is 13.2 Å². The lowest BCUT2D eigenvalue weighted by atomic mass is 10.0. The molecule has 2 N–H and O–H groups in total. The molecule has 19 heavy (non-hydrogen) atoms. The van der Waals surface area contributed by atoms with Crippen molar-refractivity contribution in [3.05, 3.63) is 30.1 Å². The van der Waals surface area contributed by atoms with Crippen molar-refractivity contribution in [2.24, 2.45) is 5.92 Å². The van der Waals surface area contributed by atoms with Gasteiger partial charge in [0.2, 0.25) is 0 Å². The quantitative estimate of drug-likeness (QED) is 0.762. The van der Waals surface area contributed by atoms with Gasteiger partial charge in [0.1, 0.15) is 24.3 Å². The molecule has 0 heterocycles. The van der Waals surface area contributed by atoms with E-state index < -0.39 is 6.10 Å². The molecule has 0 aliphatic heterocycles. The van der Waals surface area contributed by atoms with Gasteiger partial charge in [0.25, 0.3) is 0 Å². The zero-order chi connectivity index (χ0) is 14.3. The minimum Gasteiger partial charge on any atom is -0.491 e. The van der Waals surface area contributed by atoms with Crippen LogP contribution >= 0.6 is 0 Å². The number of benzene rings is 1. The van der Waals surface area contributed by atoms with E-state index in [9.17, 15) is 9.50 Å². The lowest BCUT2D eigenvalue weighted by Gasteiger charge is -2.22. The third kappa shape index (κ3) is 6.03. The highest BCUT2D eigenvalue weighted by Crippen LogP contribution is 2.11. The summed E-state index contributed by atoms with van der Waals surface area (Å²) in [6.07, 6.45) is 0.460. The highest BCUT2D eigenvalue weighted by atomic mass is 19.1. The van der Waals surface area contributed by atoms with Gasteiger partial charge in [-0.25, -0.2) is 4.39 Å². The Morgan fingerprint density at radius 3 is 2.42 bits per heavy atom. The number of aliphatic hydroxyl groups is 1. The van der Waals surface area contributed by atoms with Crippen LogP contribution in [0, 0.1) is 11.7 Å². The van der Waals surface area contributed by atoms with Crippen LogP contribution in [0.25, 0.3) is 0 Å². The molecule has 0 saturated carbocycles. The van der Waals surface area contributed by atoms with Crippen molar-refractivity contribution in [3.63, 3.8) is 0 Å². The van der Waals surface area contributed by atoms with Gasteiger partial charge in [0, 0.05) is 12.6 Å². The molecule has 0 aromatic heterocycles. The lowest BCUT2D eigenvalue weighted by molar-refractivity contribution is 0.101. The maximum Gasteiger partial charge on any atom is 0.123 e. The largest absolute Gasteiger partial charge is 0.491 e. The molecule has 0 radical (unpaired) electrons. The number of ether oxygens (including phenoxy) is 1. The Bertz CT molecular complexity index is 354. The van der Waals surface area contributed by atoms with E-state index in [2.05, 4.69) is 26.1 Å². The Kier molecular flexibility index (Phi) is 6.81. The van der Waals surface area contributed by atoms with Gasteiger partial charge in [-0.3, -0.25) is 0 Å². The molecule has 0 aliphatic carbocycles. The molecular weight excluding hydrogens is 245 g/mol. The monoisotopic (exact) mass is 269 g/mol. The van der Waals surface area contributed by atoms with Crippen LogP contribution in [-0.2, 0) is 0 Å². The molecule has 4 heteroatoms. The van der Waals surface area contributed by atoms with Crippen LogP contribution in [0.5, 0.6) is 5.75 Å². The summed E-state index contributed by atoms with van der Waals surface area (Å²) in [5.74, 6) is 0.809. The molecule has 0 saturated heterocycles. The van der Waals surface area contributed by atoms with Crippen molar-refractivity contribution in [1.82, 2.24) is 5.32 Å². The van der Waals surface area contributed by atoms with Crippen molar-refractivity contribution in [2.45, 2.75) is 39.3 Å². The summed E-state index contributed by atoms with van der Waals surface area (Å²) in [6, 6.07) is 6.19. The Morgan fingerprint density at radius 1 is 1.26 bits per heavy atom. The highest BCUT2D eigenvalue weighted by Gasteiger charge is 2.12. The van der Waals surface area contributed by atoms with Crippen molar-refractivity contribution in [1.29, 1.82) is 0 Å². The van der Waals surface area contributed by atoms with E-state index in [1.165, 1.54) is 12.1 Å². The summed E-state index contributed by atoms with van der Waals surface area (Å²) < 4.78 is 18.1. The number of nitrogens with one attached hydrogen (secondary N) is 1. The summed E-state index contributed by atoms with van der Waals surface area (Å²) in [7, 11) is 0. The van der Waals surface area contributed by atoms with E-state index in [-0.39, 0.29) is 12.4 Å². The fourth-order valence-electron chi connectivity index (χ4n) is 1.92. The Labute approximate surface area is 114 Å². The standard InChI is InChI=1S/C15H24FNO2/c1-4-15(11(2)3)17-9-13(18)10-19-14-7-5-12(16)6-8-14/h5-8,11,13,15,17-18H,4,9-10H2,1-3H3. The normalized spacial score (nSPS) is 14.4. The molecule has 1 aromatic carbocycles. The van der Waals surface area contributed by atoms with E-state index in [0.29, 0.717) is 24.3 Å². The topological polar surface area (TPSA) is 41.5 Å². The molecule has 0 aliphatic rings. The molecule has 0 bridgehead atoms. The lowest BCUT2D eigenvalue weighted by Crippen LogP contribution is -2.40. The molecule has 1 rings (SSSR count). The average molecular weight is 269 g/mol. The van der Waals surface area contributed by atoms with E-state index in [1.807, 2.05) is 0 Å². The van der Waals surface area contributed by atoms with E-state index in [0.717, 1.165) is 6.42 Å². The second-order valence-electron chi connectivity index (χ2n) is 5.09. The van der Waals surface area contributed by atoms with Crippen LogP contribution in [0.2, 0.25) is 0 Å². The fourth-order valence-corrected chi connectivity index (χ4v) is 1.92. The summed E-state index contributed by atoms with van der Waals surface area (Å²) in [6.45, 7) is 7.13. The Hall–Kier alpha value is -1.13. The second-order valence-corrected chi connectivity index (χ2v) is 5.09. The highest BCUT2D eigenvalue weighted by molar-refractivity contribution is 5.22. The van der Waals surface area contributed by atoms with Crippen LogP contribution in [0.15, 0.2) is 24.3 Å². The van der Waals surface area contributed by atoms with Gasteiger partial charge in [-0.1, -0.05) is 20.8 Å². The zero-order valence-electron chi connectivity index (χ0n) is 11.9. The third-order valence-corrected chi connectivity index (χ3v) is 3.12. The van der Waals surface area contributed by atoms with Gasteiger partial charge in [-0.15, -0.1) is 0 Å². The third-order valence-electron chi connectivity index (χ3n) is 3.12. The van der Waals surface area contributed by atoms with Gasteiger partial charge < -0.3 is 15.2 Å². The first-order valence-electron chi connectivity index (χ1n) is 6.82. The predicted octanol–water partition coefficient (Wildman–Crippen LogP) is 2.59. The van der Waals surface area contributed by atoms with Gasteiger partial charge >= 0.3 is 0 Å². The minimum atomic E-state index is -0.571. The summed E-state index contributed by atoms with van der Waals surface area (Å²) in [5, 5.41) is 13.2. The van der Waals surface area contributed by atoms with Crippen molar-refractivity contribution < 1.29 is 14.2 Å². The van der Waals surface area contributed by atoms with Crippen LogP contribution in [0.4, 0.5) is 4.39 Å². The predicted molar refractivity (Wildman–Crippen MR) is 74.8 cm³/mol. The van der Waals surface area contributed by atoms with Crippen LogP contribution < -0.4 is 10.1 Å². The summed E-state index contributed by atoms with van der Waals surface area (Å²) >= 11 is 0. The van der Waals surface area contributed by atoms with Gasteiger partial charge in [-0.2, -0.15) is 0 Å². The first-order valence-corrected chi connectivity index (χ1v) is 6.82. The molecule has 0 spiro atoms. The first kappa shape index (κ1) is 15.9.